The highest BCUT2D eigenvalue weighted by Gasteiger charge is 2.39. The van der Waals surface area contributed by atoms with Crippen LogP contribution >= 0.6 is 23.2 Å². The van der Waals surface area contributed by atoms with E-state index in [1.807, 2.05) is 29.1 Å². The Morgan fingerprint density at radius 2 is 1.85 bits per heavy atom. The van der Waals surface area contributed by atoms with Gasteiger partial charge >= 0.3 is 0 Å². The Kier molecular flexibility index (Phi) is 4.61. The quantitative estimate of drug-likeness (QED) is 0.642. The van der Waals surface area contributed by atoms with Crippen molar-refractivity contribution in [2.24, 2.45) is 17.4 Å². The van der Waals surface area contributed by atoms with Crippen LogP contribution in [-0.4, -0.2) is 21.4 Å². The number of nitrogens with one attached hydrogen (secondary N) is 2. The van der Waals surface area contributed by atoms with E-state index in [1.54, 1.807) is 12.3 Å². The van der Waals surface area contributed by atoms with Gasteiger partial charge in [0.15, 0.2) is 5.82 Å². The van der Waals surface area contributed by atoms with Crippen molar-refractivity contribution in [1.82, 2.24) is 9.66 Å². The molecular weight excluding hydrogens is 371 g/mol. The number of nitrogens with zero attached hydrogens (tertiary/aromatic N) is 2. The van der Waals surface area contributed by atoms with E-state index in [2.05, 4.69) is 15.7 Å². The molecule has 1 unspecified atom stereocenters. The first-order valence-electron chi connectivity index (χ1n) is 8.75. The number of aromatic nitrogens is 2. The summed E-state index contributed by atoms with van der Waals surface area (Å²) in [5.74, 6) is 1.05. The summed E-state index contributed by atoms with van der Waals surface area (Å²) in [6, 6.07) is 5.62. The Morgan fingerprint density at radius 3 is 2.54 bits per heavy atom. The third kappa shape index (κ3) is 3.42. The molecule has 2 aliphatic rings. The van der Waals surface area contributed by atoms with Gasteiger partial charge in [-0.05, 0) is 50.0 Å². The van der Waals surface area contributed by atoms with Crippen LogP contribution < -0.4 is 22.2 Å². The number of rotatable bonds is 3. The lowest BCUT2D eigenvalue weighted by Crippen LogP contribution is -2.58. The van der Waals surface area contributed by atoms with Crippen LogP contribution in [0.3, 0.4) is 0 Å². The molecule has 0 radical (unpaired) electrons. The number of benzene rings is 1. The summed E-state index contributed by atoms with van der Waals surface area (Å²) in [7, 11) is 0. The molecule has 1 aromatic carbocycles. The van der Waals surface area contributed by atoms with Gasteiger partial charge in [0.25, 0.3) is 0 Å². The second-order valence-electron chi connectivity index (χ2n) is 7.12. The van der Waals surface area contributed by atoms with Crippen molar-refractivity contribution in [1.29, 1.82) is 0 Å². The van der Waals surface area contributed by atoms with E-state index in [0.717, 1.165) is 42.9 Å². The SMILES string of the molecule is NC1CCC(C2(N)C=C(Nc3cc(Cl)cc(Cl)c3)c3nccn3N2)CC1. The van der Waals surface area contributed by atoms with E-state index >= 15 is 0 Å². The summed E-state index contributed by atoms with van der Waals surface area (Å²) in [6.07, 6.45) is 9.58. The number of anilines is 1. The van der Waals surface area contributed by atoms with E-state index < -0.39 is 5.66 Å². The van der Waals surface area contributed by atoms with Crippen LogP contribution in [0.1, 0.15) is 31.5 Å². The molecule has 6 N–H and O–H groups in total. The Hall–Kier alpha value is -1.73. The molecule has 8 heteroatoms. The normalized spacial score (nSPS) is 28.1. The summed E-state index contributed by atoms with van der Waals surface area (Å²) >= 11 is 12.2. The van der Waals surface area contributed by atoms with E-state index in [4.69, 9.17) is 34.7 Å². The van der Waals surface area contributed by atoms with Gasteiger partial charge in [0.1, 0.15) is 5.66 Å². The maximum atomic E-state index is 6.79. The molecule has 0 spiro atoms. The van der Waals surface area contributed by atoms with Crippen molar-refractivity contribution in [2.75, 3.05) is 10.7 Å². The van der Waals surface area contributed by atoms with Gasteiger partial charge in [-0.3, -0.25) is 0 Å². The minimum atomic E-state index is -0.682. The summed E-state index contributed by atoms with van der Waals surface area (Å²) in [5, 5.41) is 4.51. The molecule has 0 saturated heterocycles. The van der Waals surface area contributed by atoms with Crippen molar-refractivity contribution in [3.8, 4) is 0 Å². The second-order valence-corrected chi connectivity index (χ2v) is 7.99. The van der Waals surface area contributed by atoms with Crippen LogP contribution in [0.2, 0.25) is 10.0 Å². The topological polar surface area (TPSA) is 93.9 Å². The Bertz CT molecular complexity index is 820. The lowest BCUT2D eigenvalue weighted by molar-refractivity contribution is 0.239. The molecule has 1 aliphatic heterocycles. The average molecular weight is 393 g/mol. The van der Waals surface area contributed by atoms with Crippen LogP contribution in [0, 0.1) is 5.92 Å². The van der Waals surface area contributed by atoms with E-state index in [0.29, 0.717) is 10.0 Å². The summed E-state index contributed by atoms with van der Waals surface area (Å²) < 4.78 is 1.86. The molecule has 1 fully saturated rings. The fourth-order valence-corrected chi connectivity index (χ4v) is 4.34. The van der Waals surface area contributed by atoms with E-state index in [-0.39, 0.29) is 12.0 Å². The fraction of sp³-hybridized carbons (Fsp3) is 0.389. The zero-order chi connectivity index (χ0) is 18.3. The van der Waals surface area contributed by atoms with Crippen LogP contribution in [0.25, 0.3) is 5.70 Å². The maximum Gasteiger partial charge on any atom is 0.174 e. The summed E-state index contributed by atoms with van der Waals surface area (Å²) in [6.45, 7) is 0. The van der Waals surface area contributed by atoms with Gasteiger partial charge in [-0.2, -0.15) is 0 Å². The maximum absolute atomic E-state index is 6.79. The van der Waals surface area contributed by atoms with Gasteiger partial charge in [-0.25, -0.2) is 9.66 Å². The van der Waals surface area contributed by atoms with Gasteiger partial charge in [-0.15, -0.1) is 0 Å². The molecule has 1 atom stereocenters. The Balaban J connectivity index is 1.67. The van der Waals surface area contributed by atoms with Crippen LogP contribution in [0.15, 0.2) is 36.7 Å². The first-order valence-corrected chi connectivity index (χ1v) is 9.51. The smallest absolute Gasteiger partial charge is 0.174 e. The molecule has 0 bridgehead atoms. The van der Waals surface area contributed by atoms with Crippen molar-refractivity contribution < 1.29 is 0 Å². The van der Waals surface area contributed by atoms with Gasteiger partial charge in [0, 0.05) is 40.1 Å². The molecule has 1 aromatic heterocycles. The van der Waals surface area contributed by atoms with Crippen LogP contribution in [0.5, 0.6) is 0 Å². The number of hydrogen-bond acceptors (Lipinski definition) is 5. The number of nitrogens with two attached hydrogens (primary N) is 2. The zero-order valence-corrected chi connectivity index (χ0v) is 15.8. The molecule has 0 amide bonds. The van der Waals surface area contributed by atoms with Crippen LogP contribution in [0.4, 0.5) is 5.69 Å². The number of fused-ring (bicyclic) bond motifs is 1. The van der Waals surface area contributed by atoms with Crippen molar-refractivity contribution in [3.05, 3.63) is 52.5 Å². The third-order valence-electron chi connectivity index (χ3n) is 5.17. The first kappa shape index (κ1) is 17.7. The van der Waals surface area contributed by atoms with Crippen molar-refractivity contribution >= 4 is 34.6 Å². The van der Waals surface area contributed by atoms with Gasteiger partial charge in [0.2, 0.25) is 0 Å². The highest BCUT2D eigenvalue weighted by Crippen LogP contribution is 2.35. The largest absolute Gasteiger partial charge is 0.353 e. The Morgan fingerprint density at radius 1 is 1.15 bits per heavy atom. The minimum absolute atomic E-state index is 0.275. The summed E-state index contributed by atoms with van der Waals surface area (Å²) in [4.78, 5) is 4.43. The van der Waals surface area contributed by atoms with Gasteiger partial charge < -0.3 is 22.2 Å². The van der Waals surface area contributed by atoms with E-state index in [1.165, 1.54) is 0 Å². The molecular formula is C18H22Cl2N6. The average Bonchev–Trinajstić information content (AvgIpc) is 3.02. The molecule has 2 heterocycles. The molecule has 6 nitrogen and oxygen atoms in total. The van der Waals surface area contributed by atoms with Gasteiger partial charge in [0.05, 0.1) is 5.70 Å². The lowest BCUT2D eigenvalue weighted by atomic mass is 9.78. The molecule has 4 rings (SSSR count). The van der Waals surface area contributed by atoms with Gasteiger partial charge in [-0.1, -0.05) is 23.2 Å². The predicted molar refractivity (Wildman–Crippen MR) is 107 cm³/mol. The number of halogens is 2. The second kappa shape index (κ2) is 6.78. The number of imidazole rings is 1. The third-order valence-corrected chi connectivity index (χ3v) is 5.60. The highest BCUT2D eigenvalue weighted by atomic mass is 35.5. The standard InChI is InChI=1S/C18H22Cl2N6/c19-12-7-13(20)9-15(8-12)24-16-10-18(22,11-1-3-14(21)4-2-11)25-26-6-5-23-17(16)26/h5-11,14,24-25H,1-4,21-22H2. The number of hydrogen-bond donors (Lipinski definition) is 4. The Labute approximate surface area is 162 Å². The molecule has 1 aliphatic carbocycles. The molecule has 1 saturated carbocycles. The lowest BCUT2D eigenvalue weighted by Gasteiger charge is -2.42. The predicted octanol–water partition coefficient (Wildman–Crippen LogP) is 3.37. The minimum Gasteiger partial charge on any atom is -0.353 e. The molecule has 138 valence electrons. The van der Waals surface area contributed by atoms with Crippen molar-refractivity contribution in [2.45, 2.75) is 37.4 Å². The fourth-order valence-electron chi connectivity index (χ4n) is 3.82. The van der Waals surface area contributed by atoms with Crippen LogP contribution in [-0.2, 0) is 0 Å². The van der Waals surface area contributed by atoms with E-state index in [9.17, 15) is 0 Å². The zero-order valence-electron chi connectivity index (χ0n) is 14.3. The first-order chi connectivity index (χ1) is 12.4. The molecule has 26 heavy (non-hydrogen) atoms. The monoisotopic (exact) mass is 392 g/mol. The molecule has 2 aromatic rings. The van der Waals surface area contributed by atoms with Crippen molar-refractivity contribution in [3.63, 3.8) is 0 Å². The highest BCUT2D eigenvalue weighted by molar-refractivity contribution is 6.35. The summed E-state index contributed by atoms with van der Waals surface area (Å²) in [5.41, 5.74) is 17.2.